The third-order valence-corrected chi connectivity index (χ3v) is 3.87. The molecule has 2 unspecified atom stereocenters. The van der Waals surface area contributed by atoms with Crippen molar-refractivity contribution in [1.29, 1.82) is 0 Å². The molecule has 3 heteroatoms. The van der Waals surface area contributed by atoms with Crippen molar-refractivity contribution in [3.63, 3.8) is 0 Å². The predicted octanol–water partition coefficient (Wildman–Crippen LogP) is 2.89. The fourth-order valence-electron chi connectivity index (χ4n) is 2.73. The van der Waals surface area contributed by atoms with Crippen LogP contribution in [0.25, 0.3) is 0 Å². The van der Waals surface area contributed by atoms with Crippen LogP contribution in [0, 0.1) is 0 Å². The number of anilines is 1. The third-order valence-electron chi connectivity index (χ3n) is 3.87. The van der Waals surface area contributed by atoms with Crippen LogP contribution in [0.15, 0.2) is 18.3 Å². The van der Waals surface area contributed by atoms with Crippen LogP contribution < -0.4 is 5.32 Å². The summed E-state index contributed by atoms with van der Waals surface area (Å²) in [5.74, 6) is 0.940. The van der Waals surface area contributed by atoms with Gasteiger partial charge in [0.15, 0.2) is 0 Å². The van der Waals surface area contributed by atoms with Crippen LogP contribution in [-0.4, -0.2) is 29.0 Å². The summed E-state index contributed by atoms with van der Waals surface area (Å²) in [6, 6.07) is 5.70. The van der Waals surface area contributed by atoms with Crippen molar-refractivity contribution in [3.8, 4) is 0 Å². The number of rotatable bonds is 4. The van der Waals surface area contributed by atoms with Crippen molar-refractivity contribution < 1.29 is 0 Å². The van der Waals surface area contributed by atoms with Gasteiger partial charge in [-0.2, -0.15) is 0 Å². The molecule has 1 aromatic rings. The molecule has 2 rings (SSSR count). The first-order chi connectivity index (χ1) is 8.24. The van der Waals surface area contributed by atoms with Crippen molar-refractivity contribution in [3.05, 3.63) is 23.9 Å². The average Bonchev–Trinajstić information content (AvgIpc) is 2.71. The first kappa shape index (κ1) is 12.4. The zero-order valence-electron chi connectivity index (χ0n) is 11.1. The normalized spacial score (nSPS) is 25.1. The minimum absolute atomic E-state index is 0.712. The van der Waals surface area contributed by atoms with E-state index >= 15 is 0 Å². The van der Waals surface area contributed by atoms with Gasteiger partial charge in [0.1, 0.15) is 5.82 Å². The largest absolute Gasteiger partial charge is 0.373 e. The van der Waals surface area contributed by atoms with Gasteiger partial charge < -0.3 is 5.32 Å². The lowest BCUT2D eigenvalue weighted by Gasteiger charge is -2.27. The number of hydrogen-bond acceptors (Lipinski definition) is 3. The molecular formula is C14H23N3. The Hall–Kier alpha value is -1.09. The summed E-state index contributed by atoms with van der Waals surface area (Å²) >= 11 is 0. The van der Waals surface area contributed by atoms with E-state index in [2.05, 4.69) is 41.2 Å². The van der Waals surface area contributed by atoms with Gasteiger partial charge in [-0.25, -0.2) is 4.98 Å². The molecular weight excluding hydrogens is 210 g/mol. The van der Waals surface area contributed by atoms with Crippen molar-refractivity contribution in [2.45, 2.75) is 51.7 Å². The van der Waals surface area contributed by atoms with Gasteiger partial charge in [-0.3, -0.25) is 4.90 Å². The maximum absolute atomic E-state index is 4.38. The zero-order chi connectivity index (χ0) is 12.3. The Morgan fingerprint density at radius 1 is 1.41 bits per heavy atom. The smallest absolute Gasteiger partial charge is 0.125 e. The zero-order valence-corrected chi connectivity index (χ0v) is 11.1. The van der Waals surface area contributed by atoms with Gasteiger partial charge in [0.25, 0.3) is 0 Å². The Kier molecular flexibility index (Phi) is 4.00. The van der Waals surface area contributed by atoms with Crippen molar-refractivity contribution in [2.75, 3.05) is 12.4 Å². The van der Waals surface area contributed by atoms with Crippen molar-refractivity contribution in [2.24, 2.45) is 0 Å². The Morgan fingerprint density at radius 3 is 2.82 bits per heavy atom. The van der Waals surface area contributed by atoms with Crippen LogP contribution in [-0.2, 0) is 6.54 Å². The first-order valence-corrected chi connectivity index (χ1v) is 6.63. The van der Waals surface area contributed by atoms with Gasteiger partial charge in [-0.1, -0.05) is 13.0 Å². The monoisotopic (exact) mass is 233 g/mol. The molecule has 0 radical (unpaired) electrons. The Balaban J connectivity index is 2.03. The first-order valence-electron chi connectivity index (χ1n) is 6.63. The van der Waals surface area contributed by atoms with E-state index in [1.165, 1.54) is 24.8 Å². The highest BCUT2D eigenvalue weighted by Gasteiger charge is 2.28. The number of likely N-dealkylation sites (tertiary alicyclic amines) is 1. The Morgan fingerprint density at radius 2 is 2.24 bits per heavy atom. The third kappa shape index (κ3) is 2.78. The number of aromatic nitrogens is 1. The molecule has 1 aromatic heterocycles. The fourth-order valence-corrected chi connectivity index (χ4v) is 2.73. The molecule has 1 fully saturated rings. The summed E-state index contributed by atoms with van der Waals surface area (Å²) in [5.41, 5.74) is 1.32. The minimum Gasteiger partial charge on any atom is -0.373 e. The molecule has 1 N–H and O–H groups in total. The molecule has 0 aromatic carbocycles. The molecule has 94 valence electrons. The second-order valence-corrected chi connectivity index (χ2v) is 4.96. The highest BCUT2D eigenvalue weighted by molar-refractivity contribution is 5.34. The number of nitrogens with one attached hydrogen (secondary N) is 1. The van der Waals surface area contributed by atoms with Crippen LogP contribution in [0.3, 0.4) is 0 Å². The molecule has 3 nitrogen and oxygen atoms in total. The second-order valence-electron chi connectivity index (χ2n) is 4.96. The maximum Gasteiger partial charge on any atom is 0.125 e. The van der Waals surface area contributed by atoms with E-state index in [0.717, 1.165) is 18.4 Å². The maximum atomic E-state index is 4.38. The summed E-state index contributed by atoms with van der Waals surface area (Å²) < 4.78 is 0. The molecule has 0 aliphatic carbocycles. The second kappa shape index (κ2) is 5.50. The van der Waals surface area contributed by atoms with E-state index in [4.69, 9.17) is 0 Å². The number of hydrogen-bond donors (Lipinski definition) is 1. The van der Waals surface area contributed by atoms with Gasteiger partial charge in [0.2, 0.25) is 0 Å². The quantitative estimate of drug-likeness (QED) is 0.866. The van der Waals surface area contributed by atoms with Crippen LogP contribution in [0.2, 0.25) is 0 Å². The van der Waals surface area contributed by atoms with E-state index < -0.39 is 0 Å². The van der Waals surface area contributed by atoms with Gasteiger partial charge in [0, 0.05) is 31.9 Å². The van der Waals surface area contributed by atoms with Crippen molar-refractivity contribution in [1.82, 2.24) is 9.88 Å². The molecule has 0 bridgehead atoms. The highest BCUT2D eigenvalue weighted by Crippen LogP contribution is 2.27. The minimum atomic E-state index is 0.712. The summed E-state index contributed by atoms with van der Waals surface area (Å²) in [6.07, 6.45) is 5.93. The lowest BCUT2D eigenvalue weighted by atomic mass is 10.1. The van der Waals surface area contributed by atoms with Gasteiger partial charge in [-0.15, -0.1) is 0 Å². The van der Waals surface area contributed by atoms with E-state index in [-0.39, 0.29) is 0 Å². The molecule has 17 heavy (non-hydrogen) atoms. The molecule has 0 spiro atoms. The van der Waals surface area contributed by atoms with Gasteiger partial charge in [-0.05, 0) is 37.8 Å². The summed E-state index contributed by atoms with van der Waals surface area (Å²) in [6.45, 7) is 5.67. The van der Waals surface area contributed by atoms with E-state index in [1.54, 1.807) is 0 Å². The molecule has 0 amide bonds. The number of nitrogens with zero attached hydrogens (tertiary/aromatic N) is 2. The Labute approximate surface area is 104 Å². The number of pyridine rings is 1. The highest BCUT2D eigenvalue weighted by atomic mass is 15.2. The molecule has 2 heterocycles. The standard InChI is InChI=1S/C14H23N3/c1-4-13-7-5-11(2)17(13)10-12-6-8-14(15-3)16-9-12/h6,8-9,11,13H,4-5,7,10H2,1-3H3,(H,15,16). The summed E-state index contributed by atoms with van der Waals surface area (Å²) in [4.78, 5) is 7.00. The SMILES string of the molecule is CCC1CCC(C)N1Cc1ccc(NC)nc1. The molecule has 1 aliphatic heterocycles. The van der Waals surface area contributed by atoms with Crippen LogP contribution in [0.1, 0.15) is 38.7 Å². The molecule has 2 atom stereocenters. The van der Waals surface area contributed by atoms with E-state index in [0.29, 0.717) is 6.04 Å². The molecule has 1 saturated heterocycles. The van der Waals surface area contributed by atoms with Crippen LogP contribution >= 0.6 is 0 Å². The molecule has 1 aliphatic rings. The van der Waals surface area contributed by atoms with E-state index in [1.807, 2.05) is 13.2 Å². The average molecular weight is 233 g/mol. The molecule has 0 saturated carbocycles. The fraction of sp³-hybridized carbons (Fsp3) is 0.643. The lowest BCUT2D eigenvalue weighted by molar-refractivity contribution is 0.189. The van der Waals surface area contributed by atoms with E-state index in [9.17, 15) is 0 Å². The van der Waals surface area contributed by atoms with Crippen LogP contribution in [0.4, 0.5) is 5.82 Å². The predicted molar refractivity (Wildman–Crippen MR) is 72.1 cm³/mol. The van der Waals surface area contributed by atoms with Crippen LogP contribution in [0.5, 0.6) is 0 Å². The van der Waals surface area contributed by atoms with Crippen molar-refractivity contribution >= 4 is 5.82 Å². The Bertz CT molecular complexity index is 347. The summed E-state index contributed by atoms with van der Waals surface area (Å²) in [5, 5.41) is 3.05. The lowest BCUT2D eigenvalue weighted by Crippen LogP contribution is -2.33. The van der Waals surface area contributed by atoms with Gasteiger partial charge in [0.05, 0.1) is 0 Å². The topological polar surface area (TPSA) is 28.2 Å². The van der Waals surface area contributed by atoms with Gasteiger partial charge >= 0.3 is 0 Å². The summed E-state index contributed by atoms with van der Waals surface area (Å²) in [7, 11) is 1.90.